The van der Waals surface area contributed by atoms with Crippen LogP contribution in [0.15, 0.2) is 70.3 Å². The highest BCUT2D eigenvalue weighted by atomic mass is 32.2. The van der Waals surface area contributed by atoms with Crippen LogP contribution in [-0.2, 0) is 9.53 Å². The van der Waals surface area contributed by atoms with Crippen molar-refractivity contribution >= 4 is 33.7 Å². The summed E-state index contributed by atoms with van der Waals surface area (Å²) in [6, 6.07) is 14.2. The number of benzene rings is 2. The second-order valence-corrected chi connectivity index (χ2v) is 6.77. The van der Waals surface area contributed by atoms with Crippen LogP contribution in [0.3, 0.4) is 0 Å². The van der Waals surface area contributed by atoms with Gasteiger partial charge in [0.25, 0.3) is 0 Å². The Morgan fingerprint density at radius 3 is 2.88 bits per heavy atom. The normalized spacial score (nSPS) is 19.2. The molecule has 0 aromatic heterocycles. The van der Waals surface area contributed by atoms with Crippen LogP contribution in [0.4, 0.5) is 0 Å². The molecule has 0 radical (unpaired) electrons. The number of hydrogen-bond acceptors (Lipinski definition) is 5. The van der Waals surface area contributed by atoms with Crippen molar-refractivity contribution in [3.63, 3.8) is 0 Å². The van der Waals surface area contributed by atoms with Crippen molar-refractivity contribution < 1.29 is 9.53 Å². The van der Waals surface area contributed by atoms with Crippen LogP contribution in [0.2, 0.25) is 0 Å². The first-order chi connectivity index (χ1) is 12.2. The molecular weight excluding hydrogens is 332 g/mol. The number of amidine groups is 1. The van der Waals surface area contributed by atoms with E-state index < -0.39 is 0 Å². The second kappa shape index (κ2) is 6.41. The van der Waals surface area contributed by atoms with Gasteiger partial charge in [-0.2, -0.15) is 0 Å². The third-order valence-electron chi connectivity index (χ3n) is 4.43. The van der Waals surface area contributed by atoms with Gasteiger partial charge in [-0.05, 0) is 35.6 Å². The lowest BCUT2D eigenvalue weighted by atomic mass is 9.91. The molecule has 4 rings (SSSR count). The van der Waals surface area contributed by atoms with Crippen LogP contribution in [0, 0.1) is 0 Å². The van der Waals surface area contributed by atoms with Gasteiger partial charge in [-0.25, -0.2) is 9.79 Å². The summed E-state index contributed by atoms with van der Waals surface area (Å²) in [5, 5.41) is 5.18. The molecule has 5 heteroatoms. The second-order valence-electron chi connectivity index (χ2n) is 5.90. The summed E-state index contributed by atoms with van der Waals surface area (Å²) < 4.78 is 5.34. The fraction of sp³-hybridized carbons (Fsp3) is 0.200. The number of thioether (sulfide) groups is 1. The van der Waals surface area contributed by atoms with E-state index in [4.69, 9.17) is 4.74 Å². The zero-order chi connectivity index (χ0) is 17.4. The summed E-state index contributed by atoms with van der Waals surface area (Å²) in [7, 11) is 0. The number of hydrogen-bond donors (Lipinski definition) is 0. The highest BCUT2D eigenvalue weighted by molar-refractivity contribution is 8.16. The fourth-order valence-corrected chi connectivity index (χ4v) is 4.16. The van der Waals surface area contributed by atoms with Gasteiger partial charge < -0.3 is 9.64 Å². The number of aliphatic imine (C=N–C) groups is 1. The lowest BCUT2D eigenvalue weighted by molar-refractivity contribution is -0.139. The highest BCUT2D eigenvalue weighted by Crippen LogP contribution is 2.42. The summed E-state index contributed by atoms with van der Waals surface area (Å²) in [6.45, 7) is 4.05. The molecule has 2 heterocycles. The molecule has 2 aliphatic rings. The molecule has 4 nitrogen and oxygen atoms in total. The molecule has 0 N–H and O–H groups in total. The molecular formula is C20H18N2O2S. The standard InChI is InChI=1S/C20H18N2O2S/c1-3-24-19(23)17-13(2)21-20-22(11-12-25-20)18(17)16-10-6-8-14-7-4-5-9-15(14)16/h4-12,18H,3H2,1-2H3/t18-/m1/s1. The Balaban J connectivity index is 1.94. The van der Waals surface area contributed by atoms with Crippen molar-refractivity contribution in [2.24, 2.45) is 4.99 Å². The molecule has 0 bridgehead atoms. The molecule has 126 valence electrons. The van der Waals surface area contributed by atoms with Gasteiger partial charge in [0, 0.05) is 6.20 Å². The maximum atomic E-state index is 12.7. The number of rotatable bonds is 3. The Morgan fingerprint density at radius 2 is 2.04 bits per heavy atom. The van der Waals surface area contributed by atoms with E-state index in [-0.39, 0.29) is 12.0 Å². The zero-order valence-electron chi connectivity index (χ0n) is 14.1. The first-order valence-electron chi connectivity index (χ1n) is 8.26. The maximum absolute atomic E-state index is 12.7. The number of carbonyl (C=O) groups is 1. The number of carbonyl (C=O) groups excluding carboxylic acids is 1. The van der Waals surface area contributed by atoms with Crippen LogP contribution >= 0.6 is 11.8 Å². The minimum atomic E-state index is -0.300. The van der Waals surface area contributed by atoms with Gasteiger partial charge >= 0.3 is 5.97 Å². The van der Waals surface area contributed by atoms with E-state index in [1.165, 1.54) is 0 Å². The minimum absolute atomic E-state index is 0.233. The van der Waals surface area contributed by atoms with Gasteiger partial charge in [0.15, 0.2) is 5.17 Å². The molecule has 0 aliphatic carbocycles. The number of ether oxygens (including phenoxy) is 1. The molecule has 2 aromatic carbocycles. The van der Waals surface area contributed by atoms with Gasteiger partial charge in [0.1, 0.15) is 0 Å². The maximum Gasteiger partial charge on any atom is 0.338 e. The molecule has 0 fully saturated rings. The number of esters is 1. The molecule has 0 unspecified atom stereocenters. The molecule has 0 saturated carbocycles. The molecule has 2 aromatic rings. The fourth-order valence-electron chi connectivity index (χ4n) is 3.37. The molecule has 0 saturated heterocycles. The van der Waals surface area contributed by atoms with E-state index in [0.717, 1.165) is 27.2 Å². The van der Waals surface area contributed by atoms with E-state index in [1.807, 2.05) is 43.7 Å². The Hall–Kier alpha value is -2.53. The number of nitrogens with zero attached hydrogens (tertiary/aromatic N) is 2. The predicted molar refractivity (Wildman–Crippen MR) is 102 cm³/mol. The highest BCUT2D eigenvalue weighted by Gasteiger charge is 2.37. The van der Waals surface area contributed by atoms with Gasteiger partial charge in [0.05, 0.1) is 23.9 Å². The molecule has 25 heavy (non-hydrogen) atoms. The minimum Gasteiger partial charge on any atom is -0.463 e. The van der Waals surface area contributed by atoms with Crippen molar-refractivity contribution in [1.82, 2.24) is 4.90 Å². The number of allylic oxidation sites excluding steroid dienone is 1. The Morgan fingerprint density at radius 1 is 1.24 bits per heavy atom. The summed E-state index contributed by atoms with van der Waals surface area (Å²) >= 11 is 1.57. The lowest BCUT2D eigenvalue weighted by Gasteiger charge is -2.34. The Labute approximate surface area is 150 Å². The van der Waals surface area contributed by atoms with E-state index in [1.54, 1.807) is 11.8 Å². The zero-order valence-corrected chi connectivity index (χ0v) is 14.9. The summed E-state index contributed by atoms with van der Waals surface area (Å²) in [6.07, 6.45) is 1.99. The Kier molecular flexibility index (Phi) is 4.09. The largest absolute Gasteiger partial charge is 0.463 e. The van der Waals surface area contributed by atoms with Gasteiger partial charge in [-0.3, -0.25) is 0 Å². The Bertz CT molecular complexity index is 940. The topological polar surface area (TPSA) is 41.9 Å². The molecule has 2 aliphatic heterocycles. The van der Waals surface area contributed by atoms with E-state index >= 15 is 0 Å². The molecule has 0 spiro atoms. The molecule has 1 atom stereocenters. The average molecular weight is 350 g/mol. The monoisotopic (exact) mass is 350 g/mol. The predicted octanol–water partition coefficient (Wildman–Crippen LogP) is 4.61. The first kappa shape index (κ1) is 16.0. The van der Waals surface area contributed by atoms with E-state index in [9.17, 15) is 4.79 Å². The van der Waals surface area contributed by atoms with E-state index in [0.29, 0.717) is 12.2 Å². The van der Waals surface area contributed by atoms with Gasteiger partial charge in [-0.15, -0.1) is 0 Å². The third-order valence-corrected chi connectivity index (χ3v) is 5.20. The average Bonchev–Trinajstić information content (AvgIpc) is 3.08. The smallest absolute Gasteiger partial charge is 0.338 e. The van der Waals surface area contributed by atoms with Crippen molar-refractivity contribution in [1.29, 1.82) is 0 Å². The van der Waals surface area contributed by atoms with Crippen LogP contribution in [-0.4, -0.2) is 22.6 Å². The van der Waals surface area contributed by atoms with Gasteiger partial charge in [-0.1, -0.05) is 54.2 Å². The molecule has 0 amide bonds. The lowest BCUT2D eigenvalue weighted by Crippen LogP contribution is -2.34. The SMILES string of the molecule is CCOC(=O)C1=C(C)N=C2SC=CN2[C@@H]1c1cccc2ccccc12. The third kappa shape index (κ3) is 2.65. The number of fused-ring (bicyclic) bond motifs is 2. The van der Waals surface area contributed by atoms with E-state index in [2.05, 4.69) is 34.2 Å². The van der Waals surface area contributed by atoms with Crippen molar-refractivity contribution in [3.8, 4) is 0 Å². The van der Waals surface area contributed by atoms with Crippen LogP contribution in [0.25, 0.3) is 10.8 Å². The van der Waals surface area contributed by atoms with Gasteiger partial charge in [0.2, 0.25) is 0 Å². The van der Waals surface area contributed by atoms with Crippen LogP contribution in [0.5, 0.6) is 0 Å². The summed E-state index contributed by atoms with van der Waals surface area (Å²) in [5.74, 6) is -0.300. The van der Waals surface area contributed by atoms with Crippen LogP contribution < -0.4 is 0 Å². The quantitative estimate of drug-likeness (QED) is 0.758. The summed E-state index contributed by atoms with van der Waals surface area (Å²) in [4.78, 5) is 19.4. The summed E-state index contributed by atoms with van der Waals surface area (Å²) in [5.41, 5.74) is 2.41. The van der Waals surface area contributed by atoms with Crippen molar-refractivity contribution in [2.45, 2.75) is 19.9 Å². The van der Waals surface area contributed by atoms with Crippen LogP contribution in [0.1, 0.15) is 25.5 Å². The van der Waals surface area contributed by atoms with Crippen molar-refractivity contribution in [3.05, 3.63) is 70.9 Å². The van der Waals surface area contributed by atoms with Crippen molar-refractivity contribution in [2.75, 3.05) is 6.61 Å². The first-order valence-corrected chi connectivity index (χ1v) is 9.14.